The second-order valence-electron chi connectivity index (χ2n) is 8.45. The minimum absolute atomic E-state index is 0.162. The van der Waals surface area contributed by atoms with Crippen LogP contribution in [0.4, 0.5) is 0 Å². The summed E-state index contributed by atoms with van der Waals surface area (Å²) in [4.78, 5) is 6.37. The number of ether oxygens (including phenoxy) is 2. The first-order valence-corrected chi connectivity index (χ1v) is 10.9. The number of pyridine rings is 1. The average molecular weight is 439 g/mol. The molecule has 4 rings (SSSR count). The molecule has 1 aromatic heterocycles. The highest BCUT2D eigenvalue weighted by molar-refractivity contribution is 5.97. The maximum Gasteiger partial charge on any atom is 0.137 e. The number of likely N-dealkylation sites (tertiary alicyclic amines) is 1. The normalized spacial score (nSPS) is 17.2. The van der Waals surface area contributed by atoms with Gasteiger partial charge >= 0.3 is 0 Å². The highest BCUT2D eigenvalue weighted by Crippen LogP contribution is 2.34. The van der Waals surface area contributed by atoms with Crippen molar-refractivity contribution in [3.05, 3.63) is 54.9 Å². The third kappa shape index (κ3) is 5.19. The molecule has 2 aromatic carbocycles. The van der Waals surface area contributed by atoms with Gasteiger partial charge in [-0.2, -0.15) is 0 Å². The van der Waals surface area contributed by atoms with Crippen molar-refractivity contribution in [1.29, 1.82) is 0 Å². The summed E-state index contributed by atoms with van der Waals surface area (Å²) in [5.74, 6) is 1.36. The molecule has 32 heavy (non-hydrogen) atoms. The number of rotatable bonds is 8. The van der Waals surface area contributed by atoms with E-state index in [0.29, 0.717) is 44.0 Å². The Kier molecular flexibility index (Phi) is 6.91. The summed E-state index contributed by atoms with van der Waals surface area (Å²) in [6.45, 7) is 1.67. The van der Waals surface area contributed by atoms with E-state index in [9.17, 15) is 15.3 Å². The van der Waals surface area contributed by atoms with Crippen molar-refractivity contribution in [2.24, 2.45) is 0 Å². The molecule has 0 bridgehead atoms. The van der Waals surface area contributed by atoms with E-state index in [1.165, 1.54) is 0 Å². The Morgan fingerprint density at radius 2 is 1.88 bits per heavy atom. The van der Waals surface area contributed by atoms with Crippen LogP contribution in [0.5, 0.6) is 11.5 Å². The zero-order valence-electron chi connectivity index (χ0n) is 18.3. The van der Waals surface area contributed by atoms with E-state index in [1.54, 1.807) is 19.5 Å². The molecular weight excluding hydrogens is 408 g/mol. The molecule has 1 aliphatic heterocycles. The van der Waals surface area contributed by atoms with Crippen LogP contribution < -0.4 is 9.47 Å². The first-order chi connectivity index (χ1) is 15.5. The summed E-state index contributed by atoms with van der Waals surface area (Å²) >= 11 is 0. The van der Waals surface area contributed by atoms with Crippen LogP contribution in [0, 0.1) is 0 Å². The monoisotopic (exact) mass is 438 g/mol. The van der Waals surface area contributed by atoms with Gasteiger partial charge in [0.2, 0.25) is 0 Å². The van der Waals surface area contributed by atoms with E-state index >= 15 is 0 Å². The third-order valence-electron chi connectivity index (χ3n) is 6.09. The maximum atomic E-state index is 10.5. The minimum Gasteiger partial charge on any atom is -0.495 e. The maximum absolute atomic E-state index is 10.5. The minimum atomic E-state index is -0.992. The Labute approximate surface area is 187 Å². The molecule has 1 aliphatic rings. The van der Waals surface area contributed by atoms with Crippen molar-refractivity contribution in [2.75, 3.05) is 40.0 Å². The molecule has 1 atom stereocenters. The summed E-state index contributed by atoms with van der Waals surface area (Å²) in [5, 5.41) is 32.1. The molecule has 1 saturated heterocycles. The van der Waals surface area contributed by atoms with Crippen LogP contribution in [0.25, 0.3) is 21.9 Å². The molecule has 3 N–H and O–H groups in total. The predicted molar refractivity (Wildman–Crippen MR) is 123 cm³/mol. The van der Waals surface area contributed by atoms with Crippen molar-refractivity contribution in [2.45, 2.75) is 24.5 Å². The molecule has 0 aliphatic carbocycles. The predicted octanol–water partition coefficient (Wildman–Crippen LogP) is 2.47. The number of methoxy groups -OCH3 is 1. The Hall–Kier alpha value is -2.71. The Balaban J connectivity index is 1.46. The zero-order chi connectivity index (χ0) is 22.6. The standard InChI is InChI=1S/C25H30N2O5/c1-31-22-11-19(13-26-14-22)24-12-21(10-18-4-2-3-5-23(18)24)32-16-20(29)15-27-8-6-25(30,17-28)7-9-27/h2-5,10-14,20,28-30H,6-9,15-17H2,1H3. The van der Waals surface area contributed by atoms with Crippen LogP contribution in [0.15, 0.2) is 54.9 Å². The van der Waals surface area contributed by atoms with Crippen LogP contribution >= 0.6 is 0 Å². The molecule has 7 nitrogen and oxygen atoms in total. The molecule has 0 radical (unpaired) electrons. The van der Waals surface area contributed by atoms with Crippen LogP contribution in [0.1, 0.15) is 12.8 Å². The van der Waals surface area contributed by atoms with Gasteiger partial charge in [0, 0.05) is 31.4 Å². The molecule has 0 amide bonds. The van der Waals surface area contributed by atoms with E-state index < -0.39 is 11.7 Å². The summed E-state index contributed by atoms with van der Waals surface area (Å²) in [6.07, 6.45) is 3.81. The third-order valence-corrected chi connectivity index (χ3v) is 6.09. The van der Waals surface area contributed by atoms with Crippen LogP contribution in [0.3, 0.4) is 0 Å². The molecule has 2 heterocycles. The fourth-order valence-corrected chi connectivity index (χ4v) is 4.14. The van der Waals surface area contributed by atoms with Gasteiger partial charge in [-0.25, -0.2) is 0 Å². The Morgan fingerprint density at radius 1 is 1.09 bits per heavy atom. The fourth-order valence-electron chi connectivity index (χ4n) is 4.14. The molecule has 1 fully saturated rings. The summed E-state index contributed by atoms with van der Waals surface area (Å²) in [7, 11) is 1.62. The van der Waals surface area contributed by atoms with Gasteiger partial charge in [-0.1, -0.05) is 24.3 Å². The number of hydrogen-bond donors (Lipinski definition) is 3. The molecule has 3 aromatic rings. The lowest BCUT2D eigenvalue weighted by molar-refractivity contribution is -0.0656. The molecule has 0 saturated carbocycles. The number of aliphatic hydroxyl groups is 3. The number of aromatic nitrogens is 1. The topological polar surface area (TPSA) is 95.3 Å². The number of benzene rings is 2. The van der Waals surface area contributed by atoms with Crippen molar-refractivity contribution >= 4 is 10.8 Å². The summed E-state index contributed by atoms with van der Waals surface area (Å²) < 4.78 is 11.3. The first kappa shape index (κ1) is 22.5. The van der Waals surface area contributed by atoms with Crippen LogP contribution in [-0.4, -0.2) is 76.9 Å². The van der Waals surface area contributed by atoms with Gasteiger partial charge < -0.3 is 29.7 Å². The van der Waals surface area contributed by atoms with E-state index in [4.69, 9.17) is 9.47 Å². The van der Waals surface area contributed by atoms with Gasteiger partial charge in [0.1, 0.15) is 24.2 Å². The van der Waals surface area contributed by atoms with Crippen molar-refractivity contribution in [3.63, 3.8) is 0 Å². The highest BCUT2D eigenvalue weighted by atomic mass is 16.5. The number of nitrogens with zero attached hydrogens (tertiary/aromatic N) is 2. The number of fused-ring (bicyclic) bond motifs is 1. The second kappa shape index (κ2) is 9.83. The Morgan fingerprint density at radius 3 is 2.62 bits per heavy atom. The second-order valence-corrected chi connectivity index (χ2v) is 8.45. The van der Waals surface area contributed by atoms with Crippen molar-refractivity contribution < 1.29 is 24.8 Å². The highest BCUT2D eigenvalue weighted by Gasteiger charge is 2.32. The molecular formula is C25H30N2O5. The summed E-state index contributed by atoms with van der Waals surface area (Å²) in [6, 6.07) is 14.0. The number of aliphatic hydroxyl groups excluding tert-OH is 2. The Bertz CT molecular complexity index is 1050. The number of hydrogen-bond acceptors (Lipinski definition) is 7. The first-order valence-electron chi connectivity index (χ1n) is 10.9. The molecule has 1 unspecified atom stereocenters. The molecule has 0 spiro atoms. The summed E-state index contributed by atoms with van der Waals surface area (Å²) in [5.41, 5.74) is 0.920. The lowest BCUT2D eigenvalue weighted by Gasteiger charge is -2.37. The van der Waals surface area contributed by atoms with Gasteiger partial charge in [-0.15, -0.1) is 0 Å². The fraction of sp³-hybridized carbons (Fsp3) is 0.400. The lowest BCUT2D eigenvalue weighted by Crippen LogP contribution is -2.48. The van der Waals surface area contributed by atoms with Gasteiger partial charge in [0.05, 0.1) is 25.5 Å². The van der Waals surface area contributed by atoms with Gasteiger partial charge in [-0.3, -0.25) is 4.98 Å². The SMILES string of the molecule is COc1cncc(-c2cc(OCC(O)CN3CCC(O)(CO)CC3)cc3ccccc23)c1. The average Bonchev–Trinajstić information content (AvgIpc) is 2.84. The van der Waals surface area contributed by atoms with E-state index in [-0.39, 0.29) is 13.2 Å². The smallest absolute Gasteiger partial charge is 0.137 e. The van der Waals surface area contributed by atoms with Crippen LogP contribution in [0.2, 0.25) is 0 Å². The zero-order valence-corrected chi connectivity index (χ0v) is 18.3. The largest absolute Gasteiger partial charge is 0.495 e. The van der Waals surface area contributed by atoms with E-state index in [1.807, 2.05) is 36.4 Å². The van der Waals surface area contributed by atoms with E-state index in [2.05, 4.69) is 16.0 Å². The van der Waals surface area contributed by atoms with Crippen LogP contribution in [-0.2, 0) is 0 Å². The van der Waals surface area contributed by atoms with Gasteiger partial charge in [0.15, 0.2) is 0 Å². The van der Waals surface area contributed by atoms with Crippen molar-refractivity contribution in [1.82, 2.24) is 9.88 Å². The van der Waals surface area contributed by atoms with E-state index in [0.717, 1.165) is 21.9 Å². The van der Waals surface area contributed by atoms with Gasteiger partial charge in [-0.05, 0) is 47.4 Å². The molecule has 7 heteroatoms. The molecule has 170 valence electrons. The van der Waals surface area contributed by atoms with Gasteiger partial charge in [0.25, 0.3) is 0 Å². The van der Waals surface area contributed by atoms with Crippen molar-refractivity contribution in [3.8, 4) is 22.6 Å². The number of piperidine rings is 1. The number of β-amino-alcohol motifs (C(OH)–C–C–N with tert-alkyl or cyclic N) is 1. The quantitative estimate of drug-likeness (QED) is 0.497. The lowest BCUT2D eigenvalue weighted by atomic mass is 9.92.